The van der Waals surface area contributed by atoms with Crippen LogP contribution in [0.4, 0.5) is 5.69 Å². The van der Waals surface area contributed by atoms with Crippen LogP contribution in [0.25, 0.3) is 11.0 Å². The third kappa shape index (κ3) is 3.58. The van der Waals surface area contributed by atoms with Crippen molar-refractivity contribution in [2.45, 2.75) is 6.04 Å². The number of pyridine rings is 1. The summed E-state index contributed by atoms with van der Waals surface area (Å²) in [6.45, 7) is 0. The number of halogens is 1. The highest BCUT2D eigenvalue weighted by Gasteiger charge is 2.46. The number of carbonyl (C=O) groups excluding carboxylic acids is 2. The summed E-state index contributed by atoms with van der Waals surface area (Å²) >= 11 is 3.40. The van der Waals surface area contributed by atoms with E-state index in [2.05, 4.69) is 20.9 Å². The Morgan fingerprint density at radius 3 is 2.61 bits per heavy atom. The zero-order valence-electron chi connectivity index (χ0n) is 17.4. The second kappa shape index (κ2) is 8.22. The molecule has 3 heterocycles. The van der Waals surface area contributed by atoms with Gasteiger partial charge in [0.1, 0.15) is 17.4 Å². The van der Waals surface area contributed by atoms with E-state index in [1.165, 1.54) is 4.90 Å². The van der Waals surface area contributed by atoms with E-state index in [0.29, 0.717) is 22.7 Å². The monoisotopic (exact) mass is 504 g/mol. The maximum Gasteiger partial charge on any atom is 0.294 e. The Kier molecular flexibility index (Phi) is 5.22. The predicted octanol–water partition coefficient (Wildman–Crippen LogP) is 5.38. The standard InChI is InChI=1S/C25H17BrN2O5/c1-32-17-8-6-16(7-9-17)28-22(18-4-2-3-11-27-18)21(24(30)25(28)31)23(29)20-13-14-12-15(26)5-10-19(14)33-20/h2-13,22,30H,1H3. The molecule has 0 aliphatic carbocycles. The van der Waals surface area contributed by atoms with Gasteiger partial charge in [-0.1, -0.05) is 22.0 Å². The first-order valence-electron chi connectivity index (χ1n) is 10.0. The van der Waals surface area contributed by atoms with Crippen molar-refractivity contribution in [2.24, 2.45) is 0 Å². The van der Waals surface area contributed by atoms with E-state index >= 15 is 0 Å². The maximum absolute atomic E-state index is 13.6. The van der Waals surface area contributed by atoms with E-state index in [4.69, 9.17) is 9.15 Å². The minimum Gasteiger partial charge on any atom is -0.503 e. The zero-order valence-corrected chi connectivity index (χ0v) is 18.9. The van der Waals surface area contributed by atoms with Gasteiger partial charge in [0.2, 0.25) is 5.78 Å². The number of ether oxygens (including phenoxy) is 1. The molecule has 0 spiro atoms. The van der Waals surface area contributed by atoms with E-state index in [-0.39, 0.29) is 11.3 Å². The Morgan fingerprint density at radius 2 is 1.91 bits per heavy atom. The van der Waals surface area contributed by atoms with Gasteiger partial charge in [-0.25, -0.2) is 0 Å². The largest absolute Gasteiger partial charge is 0.503 e. The summed E-state index contributed by atoms with van der Waals surface area (Å²) in [7, 11) is 1.54. The number of anilines is 1. The Balaban J connectivity index is 1.63. The number of amides is 1. The van der Waals surface area contributed by atoms with Gasteiger partial charge in [0.05, 0.1) is 18.4 Å². The first-order valence-corrected chi connectivity index (χ1v) is 10.8. The molecule has 1 unspecified atom stereocenters. The smallest absolute Gasteiger partial charge is 0.294 e. The minimum absolute atomic E-state index is 0.0231. The number of Topliss-reactive ketones (excluding diaryl/α,β-unsaturated/α-hetero) is 1. The molecule has 2 aromatic heterocycles. The van der Waals surface area contributed by atoms with Gasteiger partial charge in [-0.05, 0) is 60.7 Å². The number of fused-ring (bicyclic) bond motifs is 1. The number of aromatic nitrogens is 1. The molecule has 0 bridgehead atoms. The number of nitrogens with zero attached hydrogens (tertiary/aromatic N) is 2. The van der Waals surface area contributed by atoms with Crippen LogP contribution in [-0.2, 0) is 4.79 Å². The van der Waals surface area contributed by atoms with E-state index in [1.807, 2.05) is 6.07 Å². The van der Waals surface area contributed by atoms with Gasteiger partial charge in [0.15, 0.2) is 11.5 Å². The lowest BCUT2D eigenvalue weighted by atomic mass is 9.98. The SMILES string of the molecule is COc1ccc(N2C(=O)C(O)=C(C(=O)c3cc4cc(Br)ccc4o3)C2c2ccccn2)cc1. The van der Waals surface area contributed by atoms with Gasteiger partial charge in [0, 0.05) is 21.7 Å². The molecule has 8 heteroatoms. The molecule has 33 heavy (non-hydrogen) atoms. The third-order valence-corrected chi connectivity index (χ3v) is 5.97. The summed E-state index contributed by atoms with van der Waals surface area (Å²) in [5.41, 5.74) is 1.35. The fourth-order valence-electron chi connectivity index (χ4n) is 3.92. The van der Waals surface area contributed by atoms with E-state index in [1.54, 1.807) is 74.0 Å². The second-order valence-electron chi connectivity index (χ2n) is 7.41. The molecule has 1 atom stereocenters. The molecule has 7 nitrogen and oxygen atoms in total. The van der Waals surface area contributed by atoms with Crippen LogP contribution in [0.2, 0.25) is 0 Å². The van der Waals surface area contributed by atoms with E-state index in [0.717, 1.165) is 9.86 Å². The number of ketones is 1. The van der Waals surface area contributed by atoms with Gasteiger partial charge in [-0.2, -0.15) is 0 Å². The molecule has 2 aromatic carbocycles. The number of methoxy groups -OCH3 is 1. The minimum atomic E-state index is -0.931. The number of aliphatic hydroxyl groups is 1. The molecule has 1 aliphatic heterocycles. The highest BCUT2D eigenvalue weighted by molar-refractivity contribution is 9.10. The fraction of sp³-hybridized carbons (Fsp3) is 0.0800. The topological polar surface area (TPSA) is 92.9 Å². The molecule has 1 aliphatic rings. The number of furan rings is 1. The lowest BCUT2D eigenvalue weighted by Gasteiger charge is -2.26. The number of hydrogen-bond donors (Lipinski definition) is 1. The Morgan fingerprint density at radius 1 is 1.12 bits per heavy atom. The van der Waals surface area contributed by atoms with Crippen LogP contribution in [0.15, 0.2) is 93.1 Å². The normalized spacial score (nSPS) is 16.0. The van der Waals surface area contributed by atoms with Crippen LogP contribution in [0.1, 0.15) is 22.3 Å². The summed E-state index contributed by atoms with van der Waals surface area (Å²) in [5.74, 6) is -1.28. The molecule has 1 N–H and O–H groups in total. The van der Waals surface area contributed by atoms with Crippen LogP contribution in [0, 0.1) is 0 Å². The van der Waals surface area contributed by atoms with Crippen LogP contribution in [-0.4, -0.2) is 28.9 Å². The number of carbonyl (C=O) groups is 2. The Labute approximate surface area is 197 Å². The van der Waals surface area contributed by atoms with Crippen LogP contribution in [0.3, 0.4) is 0 Å². The van der Waals surface area contributed by atoms with Crippen molar-refractivity contribution in [3.8, 4) is 5.75 Å². The van der Waals surface area contributed by atoms with Crippen molar-refractivity contribution in [1.29, 1.82) is 0 Å². The number of aliphatic hydroxyl groups excluding tert-OH is 1. The average Bonchev–Trinajstić information content (AvgIpc) is 3.38. The highest BCUT2D eigenvalue weighted by atomic mass is 79.9. The van der Waals surface area contributed by atoms with Crippen LogP contribution >= 0.6 is 15.9 Å². The van der Waals surface area contributed by atoms with Crippen molar-refractivity contribution >= 4 is 44.3 Å². The Bertz CT molecular complexity index is 1410. The molecular formula is C25H17BrN2O5. The van der Waals surface area contributed by atoms with Gasteiger partial charge in [-0.15, -0.1) is 0 Å². The zero-order chi connectivity index (χ0) is 23.1. The fourth-order valence-corrected chi connectivity index (χ4v) is 4.30. The number of benzene rings is 2. The van der Waals surface area contributed by atoms with Crippen molar-refractivity contribution in [3.05, 3.63) is 100 Å². The number of hydrogen-bond acceptors (Lipinski definition) is 6. The lowest BCUT2D eigenvalue weighted by molar-refractivity contribution is -0.117. The Hall–Kier alpha value is -3.91. The van der Waals surface area contributed by atoms with Crippen molar-refractivity contribution in [2.75, 3.05) is 12.0 Å². The molecule has 0 saturated carbocycles. The molecular weight excluding hydrogens is 488 g/mol. The summed E-state index contributed by atoms with van der Waals surface area (Å²) < 4.78 is 11.8. The molecule has 4 aromatic rings. The molecule has 164 valence electrons. The molecule has 5 rings (SSSR count). The summed E-state index contributed by atoms with van der Waals surface area (Å²) in [5, 5.41) is 11.6. The molecule has 0 fully saturated rings. The predicted molar refractivity (Wildman–Crippen MR) is 125 cm³/mol. The van der Waals surface area contributed by atoms with Crippen molar-refractivity contribution < 1.29 is 23.8 Å². The quantitative estimate of drug-likeness (QED) is 0.366. The molecule has 0 radical (unpaired) electrons. The van der Waals surface area contributed by atoms with Gasteiger partial charge in [-0.3, -0.25) is 19.5 Å². The third-order valence-electron chi connectivity index (χ3n) is 5.47. The second-order valence-corrected chi connectivity index (χ2v) is 8.33. The molecule has 1 amide bonds. The average molecular weight is 505 g/mol. The van der Waals surface area contributed by atoms with Crippen LogP contribution in [0.5, 0.6) is 5.75 Å². The van der Waals surface area contributed by atoms with Crippen molar-refractivity contribution in [1.82, 2.24) is 4.98 Å². The van der Waals surface area contributed by atoms with E-state index < -0.39 is 23.5 Å². The molecule has 0 saturated heterocycles. The summed E-state index contributed by atoms with van der Waals surface area (Å²) in [6, 6.07) is 18.0. The van der Waals surface area contributed by atoms with Gasteiger partial charge >= 0.3 is 0 Å². The highest BCUT2D eigenvalue weighted by Crippen LogP contribution is 2.42. The van der Waals surface area contributed by atoms with Gasteiger partial charge in [0.25, 0.3) is 5.91 Å². The van der Waals surface area contributed by atoms with E-state index in [9.17, 15) is 14.7 Å². The number of rotatable bonds is 5. The summed E-state index contributed by atoms with van der Waals surface area (Å²) in [6.07, 6.45) is 1.57. The summed E-state index contributed by atoms with van der Waals surface area (Å²) in [4.78, 5) is 32.5. The van der Waals surface area contributed by atoms with Crippen LogP contribution < -0.4 is 9.64 Å². The lowest BCUT2D eigenvalue weighted by Crippen LogP contribution is -2.31. The maximum atomic E-state index is 13.6. The van der Waals surface area contributed by atoms with Gasteiger partial charge < -0.3 is 14.3 Å². The van der Waals surface area contributed by atoms with Crippen molar-refractivity contribution in [3.63, 3.8) is 0 Å². The first-order chi connectivity index (χ1) is 16.0. The first kappa shape index (κ1) is 21.0.